The van der Waals surface area contributed by atoms with E-state index in [0.717, 1.165) is 42.2 Å². The fourth-order valence-electron chi connectivity index (χ4n) is 3.95. The van der Waals surface area contributed by atoms with E-state index in [4.69, 9.17) is 11.6 Å². The van der Waals surface area contributed by atoms with E-state index in [2.05, 4.69) is 49.4 Å². The highest BCUT2D eigenvalue weighted by molar-refractivity contribution is 7.17. The van der Waals surface area contributed by atoms with Crippen molar-refractivity contribution < 1.29 is 4.39 Å². The van der Waals surface area contributed by atoms with Crippen molar-refractivity contribution in [2.75, 3.05) is 31.1 Å². The Hall–Kier alpha value is -2.54. The molecular weight excluding hydrogens is 419 g/mol. The van der Waals surface area contributed by atoms with Crippen LogP contribution in [0, 0.1) is 5.82 Å². The first-order chi connectivity index (χ1) is 14.7. The second-order valence-corrected chi connectivity index (χ2v) is 8.62. The Kier molecular flexibility index (Phi) is 5.37. The van der Waals surface area contributed by atoms with Crippen LogP contribution in [-0.2, 0) is 6.54 Å². The fourth-order valence-corrected chi connectivity index (χ4v) is 5.09. The second kappa shape index (κ2) is 8.30. The van der Waals surface area contributed by atoms with Crippen LogP contribution in [0.4, 0.5) is 10.2 Å². The molecule has 0 unspecified atom stereocenters. The molecule has 0 N–H and O–H groups in total. The quantitative estimate of drug-likeness (QED) is 0.422. The lowest BCUT2D eigenvalue weighted by Gasteiger charge is -2.35. The van der Waals surface area contributed by atoms with Gasteiger partial charge >= 0.3 is 0 Å². The molecule has 5 rings (SSSR count). The number of benzene rings is 2. The Morgan fingerprint density at radius 2 is 1.77 bits per heavy atom. The monoisotopic (exact) mass is 438 g/mol. The molecule has 1 fully saturated rings. The second-order valence-electron chi connectivity index (χ2n) is 7.36. The molecule has 0 aliphatic carbocycles. The highest BCUT2D eigenvalue weighted by Gasteiger charge is 2.23. The molecule has 0 radical (unpaired) electrons. The van der Waals surface area contributed by atoms with Gasteiger partial charge in [0.1, 0.15) is 22.8 Å². The van der Waals surface area contributed by atoms with Gasteiger partial charge in [-0.3, -0.25) is 4.90 Å². The normalized spacial score (nSPS) is 15.1. The molecule has 2 aromatic carbocycles. The van der Waals surface area contributed by atoms with E-state index in [1.54, 1.807) is 29.8 Å². The van der Waals surface area contributed by atoms with Gasteiger partial charge in [0.15, 0.2) is 0 Å². The predicted octanol–water partition coefficient (Wildman–Crippen LogP) is 5.47. The predicted molar refractivity (Wildman–Crippen MR) is 122 cm³/mol. The van der Waals surface area contributed by atoms with Crippen molar-refractivity contribution in [2.45, 2.75) is 6.54 Å². The average molecular weight is 439 g/mol. The third kappa shape index (κ3) is 3.67. The van der Waals surface area contributed by atoms with Crippen molar-refractivity contribution in [2.24, 2.45) is 0 Å². The van der Waals surface area contributed by atoms with Crippen LogP contribution >= 0.6 is 22.9 Å². The average Bonchev–Trinajstić information content (AvgIpc) is 3.22. The third-order valence-corrected chi connectivity index (χ3v) is 6.79. The van der Waals surface area contributed by atoms with Gasteiger partial charge in [-0.05, 0) is 17.7 Å². The molecule has 0 spiro atoms. The number of thiophene rings is 1. The standard InChI is InChI=1S/C23H20ClFN4S/c24-19-7-4-8-20(25)17(19)13-28-9-11-29(12-10-28)22-21-18(16-5-2-1-3-6-16)14-30-23(21)27-15-26-22/h1-8,14-15H,9-13H2. The van der Waals surface area contributed by atoms with Gasteiger partial charge in [-0.2, -0.15) is 0 Å². The van der Waals surface area contributed by atoms with Gasteiger partial charge in [0.2, 0.25) is 0 Å². The van der Waals surface area contributed by atoms with Crippen molar-refractivity contribution in [3.63, 3.8) is 0 Å². The number of halogens is 2. The minimum Gasteiger partial charge on any atom is -0.353 e. The summed E-state index contributed by atoms with van der Waals surface area (Å²) in [7, 11) is 0. The Balaban J connectivity index is 1.38. The van der Waals surface area contributed by atoms with Crippen molar-refractivity contribution in [1.29, 1.82) is 0 Å². The minimum absolute atomic E-state index is 0.242. The zero-order chi connectivity index (χ0) is 20.5. The van der Waals surface area contributed by atoms with Gasteiger partial charge in [-0.1, -0.05) is 48.0 Å². The van der Waals surface area contributed by atoms with Gasteiger partial charge in [0, 0.05) is 54.3 Å². The number of hydrogen-bond donors (Lipinski definition) is 0. The van der Waals surface area contributed by atoms with Crippen LogP contribution in [0.25, 0.3) is 21.3 Å². The van der Waals surface area contributed by atoms with E-state index < -0.39 is 0 Å². The van der Waals surface area contributed by atoms with E-state index in [0.29, 0.717) is 17.1 Å². The summed E-state index contributed by atoms with van der Waals surface area (Å²) >= 11 is 7.86. The zero-order valence-electron chi connectivity index (χ0n) is 16.3. The van der Waals surface area contributed by atoms with Crippen molar-refractivity contribution >= 4 is 39.0 Å². The third-order valence-electron chi connectivity index (χ3n) is 5.55. The van der Waals surface area contributed by atoms with Crippen LogP contribution in [0.5, 0.6) is 0 Å². The lowest BCUT2D eigenvalue weighted by molar-refractivity contribution is 0.246. The van der Waals surface area contributed by atoms with Crippen LogP contribution < -0.4 is 4.90 Å². The molecule has 0 bridgehead atoms. The highest BCUT2D eigenvalue weighted by atomic mass is 35.5. The zero-order valence-corrected chi connectivity index (χ0v) is 17.8. The number of hydrogen-bond acceptors (Lipinski definition) is 5. The molecule has 1 saturated heterocycles. The lowest BCUT2D eigenvalue weighted by atomic mass is 10.1. The Morgan fingerprint density at radius 1 is 0.967 bits per heavy atom. The van der Waals surface area contributed by atoms with Gasteiger partial charge < -0.3 is 4.90 Å². The smallest absolute Gasteiger partial charge is 0.141 e. The number of piperazine rings is 1. The van der Waals surface area contributed by atoms with Crippen LogP contribution in [-0.4, -0.2) is 41.0 Å². The topological polar surface area (TPSA) is 32.3 Å². The molecule has 4 aromatic rings. The molecule has 0 atom stereocenters. The summed E-state index contributed by atoms with van der Waals surface area (Å²) in [5.41, 5.74) is 2.92. The van der Waals surface area contributed by atoms with Crippen LogP contribution in [0.2, 0.25) is 5.02 Å². The van der Waals surface area contributed by atoms with Crippen molar-refractivity contribution in [3.05, 3.63) is 76.6 Å². The molecule has 0 amide bonds. The minimum atomic E-state index is -0.242. The molecule has 0 saturated carbocycles. The summed E-state index contributed by atoms with van der Waals surface area (Å²) in [5, 5.41) is 3.76. The van der Waals surface area contributed by atoms with E-state index in [1.807, 2.05) is 6.07 Å². The molecule has 30 heavy (non-hydrogen) atoms. The SMILES string of the molecule is Fc1cccc(Cl)c1CN1CCN(c2ncnc3scc(-c4ccccc4)c23)CC1. The van der Waals surface area contributed by atoms with Crippen molar-refractivity contribution in [3.8, 4) is 11.1 Å². The maximum absolute atomic E-state index is 14.2. The van der Waals surface area contributed by atoms with Gasteiger partial charge in [0.25, 0.3) is 0 Å². The maximum Gasteiger partial charge on any atom is 0.141 e. The van der Waals surface area contributed by atoms with Crippen molar-refractivity contribution in [1.82, 2.24) is 14.9 Å². The number of anilines is 1. The molecule has 4 nitrogen and oxygen atoms in total. The Bertz CT molecular complexity index is 1150. The number of aromatic nitrogens is 2. The molecule has 7 heteroatoms. The van der Waals surface area contributed by atoms with Gasteiger partial charge in [-0.15, -0.1) is 11.3 Å². The molecular formula is C23H20ClFN4S. The molecule has 152 valence electrons. The first-order valence-electron chi connectivity index (χ1n) is 9.88. The van der Waals surface area contributed by atoms with E-state index in [-0.39, 0.29) is 5.82 Å². The number of nitrogens with zero attached hydrogens (tertiary/aromatic N) is 4. The number of fused-ring (bicyclic) bond motifs is 1. The summed E-state index contributed by atoms with van der Waals surface area (Å²) < 4.78 is 14.2. The lowest BCUT2D eigenvalue weighted by Crippen LogP contribution is -2.46. The van der Waals surface area contributed by atoms with E-state index in [1.165, 1.54) is 17.2 Å². The summed E-state index contributed by atoms with van der Waals surface area (Å²) in [6.07, 6.45) is 1.65. The number of rotatable bonds is 4. The Morgan fingerprint density at radius 3 is 2.53 bits per heavy atom. The molecule has 3 heterocycles. The fraction of sp³-hybridized carbons (Fsp3) is 0.217. The van der Waals surface area contributed by atoms with E-state index >= 15 is 0 Å². The van der Waals surface area contributed by atoms with E-state index in [9.17, 15) is 4.39 Å². The summed E-state index contributed by atoms with van der Waals surface area (Å²) in [5.74, 6) is 0.733. The summed E-state index contributed by atoms with van der Waals surface area (Å²) in [4.78, 5) is 14.7. The van der Waals surface area contributed by atoms with Crippen LogP contribution in [0.1, 0.15) is 5.56 Å². The molecule has 1 aliphatic rings. The highest BCUT2D eigenvalue weighted by Crippen LogP contribution is 2.38. The largest absolute Gasteiger partial charge is 0.353 e. The summed E-state index contributed by atoms with van der Waals surface area (Å²) in [6.45, 7) is 3.80. The van der Waals surface area contributed by atoms with Gasteiger partial charge in [0.05, 0.1) is 5.39 Å². The maximum atomic E-state index is 14.2. The van der Waals surface area contributed by atoms with Gasteiger partial charge in [-0.25, -0.2) is 14.4 Å². The van der Waals surface area contributed by atoms with Crippen LogP contribution in [0.3, 0.4) is 0 Å². The molecule has 1 aliphatic heterocycles. The first-order valence-corrected chi connectivity index (χ1v) is 11.1. The Labute approximate surface area is 183 Å². The molecule has 2 aromatic heterocycles. The summed E-state index contributed by atoms with van der Waals surface area (Å²) in [6, 6.07) is 15.2. The first kappa shape index (κ1) is 19.4. The van der Waals surface area contributed by atoms with Crippen LogP contribution in [0.15, 0.2) is 60.2 Å².